The van der Waals surface area contributed by atoms with Crippen LogP contribution >= 0.6 is 27.3 Å². The predicted octanol–water partition coefficient (Wildman–Crippen LogP) is 3.83. The molecule has 0 aliphatic carbocycles. The van der Waals surface area contributed by atoms with E-state index in [9.17, 15) is 4.79 Å². The second-order valence-electron chi connectivity index (χ2n) is 4.69. The van der Waals surface area contributed by atoms with Crippen molar-refractivity contribution in [3.8, 4) is 5.75 Å². The van der Waals surface area contributed by atoms with Crippen molar-refractivity contribution in [2.24, 2.45) is 0 Å². The molecule has 1 heterocycles. The van der Waals surface area contributed by atoms with Gasteiger partial charge < -0.3 is 4.74 Å². The van der Waals surface area contributed by atoms with Crippen molar-refractivity contribution in [1.82, 2.24) is 10.2 Å². The molecule has 2 rings (SSSR count). The minimum absolute atomic E-state index is 0.0443. The second kappa shape index (κ2) is 8.24. The number of aromatic nitrogens is 2. The highest BCUT2D eigenvalue weighted by Gasteiger charge is 2.10. The van der Waals surface area contributed by atoms with Gasteiger partial charge in [-0.1, -0.05) is 41.1 Å². The third kappa shape index (κ3) is 4.78. The summed E-state index contributed by atoms with van der Waals surface area (Å²) in [5.74, 6) is 0.494. The molecule has 118 valence electrons. The van der Waals surface area contributed by atoms with Crippen LogP contribution in [-0.2, 0) is 17.6 Å². The van der Waals surface area contributed by atoms with E-state index in [-0.39, 0.29) is 12.5 Å². The molecule has 22 heavy (non-hydrogen) atoms. The first kappa shape index (κ1) is 16.9. The summed E-state index contributed by atoms with van der Waals surface area (Å²) < 4.78 is 6.59. The molecule has 0 saturated carbocycles. The Balaban J connectivity index is 1.89. The summed E-state index contributed by atoms with van der Waals surface area (Å²) in [5, 5.41) is 12.1. The Labute approximate surface area is 142 Å². The van der Waals surface area contributed by atoms with Gasteiger partial charge in [-0.05, 0) is 36.6 Å². The van der Waals surface area contributed by atoms with Gasteiger partial charge in [-0.25, -0.2) is 0 Å². The number of carbonyl (C=O) groups is 1. The van der Waals surface area contributed by atoms with Crippen LogP contribution in [0, 0.1) is 0 Å². The van der Waals surface area contributed by atoms with Crippen molar-refractivity contribution in [3.05, 3.63) is 33.2 Å². The Morgan fingerprint density at radius 3 is 2.91 bits per heavy atom. The minimum atomic E-state index is -0.232. The van der Waals surface area contributed by atoms with Crippen LogP contribution < -0.4 is 10.1 Å². The number of ether oxygens (including phenoxy) is 1. The van der Waals surface area contributed by atoms with E-state index >= 15 is 0 Å². The fraction of sp³-hybridized carbons (Fsp3) is 0.400. The van der Waals surface area contributed by atoms with Crippen LogP contribution in [0.4, 0.5) is 5.13 Å². The zero-order valence-corrected chi connectivity index (χ0v) is 15.0. The zero-order chi connectivity index (χ0) is 15.9. The van der Waals surface area contributed by atoms with Gasteiger partial charge in [-0.2, -0.15) is 0 Å². The molecule has 1 aromatic carbocycles. The molecule has 2 aromatic rings. The number of hydrogen-bond donors (Lipinski definition) is 1. The van der Waals surface area contributed by atoms with E-state index in [4.69, 9.17) is 4.74 Å². The van der Waals surface area contributed by atoms with Crippen LogP contribution in [-0.4, -0.2) is 22.7 Å². The quantitative estimate of drug-likeness (QED) is 0.788. The maximum absolute atomic E-state index is 11.9. The topological polar surface area (TPSA) is 64.1 Å². The third-order valence-corrected chi connectivity index (χ3v) is 4.33. The van der Waals surface area contributed by atoms with Crippen molar-refractivity contribution in [2.75, 3.05) is 11.9 Å². The molecular weight excluding hydrogens is 366 g/mol. The number of benzene rings is 1. The molecule has 0 fully saturated rings. The number of nitrogens with one attached hydrogen (secondary N) is 1. The Hall–Kier alpha value is -1.47. The van der Waals surface area contributed by atoms with Crippen molar-refractivity contribution >= 4 is 38.3 Å². The van der Waals surface area contributed by atoms with Gasteiger partial charge in [-0.3, -0.25) is 10.1 Å². The van der Waals surface area contributed by atoms with Crippen molar-refractivity contribution in [3.63, 3.8) is 0 Å². The van der Waals surface area contributed by atoms with Crippen LogP contribution in [0.5, 0.6) is 5.75 Å². The van der Waals surface area contributed by atoms with E-state index in [0.29, 0.717) is 5.13 Å². The average molecular weight is 384 g/mol. The molecule has 0 radical (unpaired) electrons. The summed E-state index contributed by atoms with van der Waals surface area (Å²) in [6.07, 6.45) is 2.73. The molecule has 1 aromatic heterocycles. The highest BCUT2D eigenvalue weighted by Crippen LogP contribution is 2.23. The highest BCUT2D eigenvalue weighted by molar-refractivity contribution is 9.10. The van der Waals surface area contributed by atoms with E-state index in [1.807, 2.05) is 25.1 Å². The van der Waals surface area contributed by atoms with Crippen LogP contribution in [0.3, 0.4) is 0 Å². The molecule has 7 heteroatoms. The van der Waals surface area contributed by atoms with E-state index in [1.54, 1.807) is 0 Å². The Morgan fingerprint density at radius 2 is 2.18 bits per heavy atom. The Morgan fingerprint density at radius 1 is 1.36 bits per heavy atom. The number of amides is 1. The first-order valence-corrected chi connectivity index (χ1v) is 8.76. The molecule has 0 aliphatic rings. The lowest BCUT2D eigenvalue weighted by molar-refractivity contribution is -0.118. The molecule has 1 amide bonds. The summed E-state index contributed by atoms with van der Waals surface area (Å²) in [5.41, 5.74) is 1.06. The summed E-state index contributed by atoms with van der Waals surface area (Å²) in [6, 6.07) is 5.75. The maximum atomic E-state index is 11.9. The number of nitrogens with zero attached hydrogens (tertiary/aromatic N) is 2. The first-order valence-electron chi connectivity index (χ1n) is 7.15. The Kier molecular flexibility index (Phi) is 6.33. The smallest absolute Gasteiger partial charge is 0.264 e. The maximum Gasteiger partial charge on any atom is 0.264 e. The number of rotatable bonds is 7. The van der Waals surface area contributed by atoms with Gasteiger partial charge >= 0.3 is 0 Å². The summed E-state index contributed by atoms with van der Waals surface area (Å²) in [4.78, 5) is 11.9. The number of halogens is 1. The SMILES string of the molecule is CCCc1nnc(NC(=O)COc2ccc(Br)cc2CC)s1. The molecule has 1 N–H and O–H groups in total. The fourth-order valence-corrected chi connectivity index (χ4v) is 3.15. The molecule has 0 aliphatic heterocycles. The third-order valence-electron chi connectivity index (χ3n) is 2.94. The molecule has 0 atom stereocenters. The summed E-state index contributed by atoms with van der Waals surface area (Å²) in [6.45, 7) is 4.08. The van der Waals surface area contributed by atoms with Crippen LogP contribution in [0.1, 0.15) is 30.8 Å². The molecule has 5 nitrogen and oxygen atoms in total. The number of anilines is 1. The standard InChI is InChI=1S/C15H18BrN3O2S/c1-3-5-14-18-19-15(22-14)17-13(20)9-21-12-7-6-11(16)8-10(12)4-2/h6-8H,3-5,9H2,1-2H3,(H,17,19,20). The van der Waals surface area contributed by atoms with Gasteiger partial charge in [0.2, 0.25) is 5.13 Å². The van der Waals surface area contributed by atoms with Crippen molar-refractivity contribution in [2.45, 2.75) is 33.1 Å². The van der Waals surface area contributed by atoms with E-state index in [1.165, 1.54) is 11.3 Å². The van der Waals surface area contributed by atoms with E-state index < -0.39 is 0 Å². The lowest BCUT2D eigenvalue weighted by atomic mass is 10.1. The number of aryl methyl sites for hydroxylation is 2. The summed E-state index contributed by atoms with van der Waals surface area (Å²) >= 11 is 4.83. The van der Waals surface area contributed by atoms with Gasteiger partial charge in [-0.15, -0.1) is 10.2 Å². The van der Waals surface area contributed by atoms with Crippen LogP contribution in [0.2, 0.25) is 0 Å². The van der Waals surface area contributed by atoms with Gasteiger partial charge in [0.05, 0.1) is 0 Å². The Bertz CT molecular complexity index is 645. The van der Waals surface area contributed by atoms with Gasteiger partial charge in [0.25, 0.3) is 5.91 Å². The van der Waals surface area contributed by atoms with Crippen LogP contribution in [0.15, 0.2) is 22.7 Å². The molecule has 0 unspecified atom stereocenters. The largest absolute Gasteiger partial charge is 0.483 e. The fourth-order valence-electron chi connectivity index (χ4n) is 1.88. The normalized spacial score (nSPS) is 10.5. The number of hydrogen-bond acceptors (Lipinski definition) is 5. The molecule has 0 saturated heterocycles. The monoisotopic (exact) mass is 383 g/mol. The van der Waals surface area contributed by atoms with Crippen molar-refractivity contribution in [1.29, 1.82) is 0 Å². The minimum Gasteiger partial charge on any atom is -0.483 e. The molecular formula is C15H18BrN3O2S. The second-order valence-corrected chi connectivity index (χ2v) is 6.67. The predicted molar refractivity (Wildman–Crippen MR) is 91.5 cm³/mol. The van der Waals surface area contributed by atoms with Gasteiger partial charge in [0.1, 0.15) is 10.8 Å². The van der Waals surface area contributed by atoms with E-state index in [2.05, 4.69) is 38.4 Å². The molecule has 0 bridgehead atoms. The lowest BCUT2D eigenvalue weighted by Gasteiger charge is -2.10. The summed E-state index contributed by atoms with van der Waals surface area (Å²) in [7, 11) is 0. The van der Waals surface area contributed by atoms with Gasteiger partial charge in [0.15, 0.2) is 6.61 Å². The first-order chi connectivity index (χ1) is 10.6. The molecule has 0 spiro atoms. The van der Waals surface area contributed by atoms with Gasteiger partial charge in [0, 0.05) is 10.9 Å². The number of carbonyl (C=O) groups excluding carboxylic acids is 1. The van der Waals surface area contributed by atoms with Crippen LogP contribution in [0.25, 0.3) is 0 Å². The zero-order valence-electron chi connectivity index (χ0n) is 12.6. The van der Waals surface area contributed by atoms with Crippen molar-refractivity contribution < 1.29 is 9.53 Å². The lowest BCUT2D eigenvalue weighted by Crippen LogP contribution is -2.20. The van der Waals surface area contributed by atoms with E-state index in [0.717, 1.165) is 40.1 Å². The highest BCUT2D eigenvalue weighted by atomic mass is 79.9. The average Bonchev–Trinajstić information content (AvgIpc) is 2.93.